The van der Waals surface area contributed by atoms with Crippen molar-refractivity contribution in [2.24, 2.45) is 0 Å². The molecule has 2 N–H and O–H groups in total. The molecule has 0 saturated heterocycles. The molecule has 0 aliphatic rings. The summed E-state index contributed by atoms with van der Waals surface area (Å²) in [4.78, 5) is 23.7. The lowest BCUT2D eigenvalue weighted by Gasteiger charge is -2.18. The zero-order chi connectivity index (χ0) is 19.5. The zero-order valence-electron chi connectivity index (χ0n) is 13.9. The molecule has 0 spiro atoms. The smallest absolute Gasteiger partial charge is 0.374 e. The highest BCUT2D eigenvalue weighted by Crippen LogP contribution is 2.36. The number of ketones is 1. The fourth-order valence-electron chi connectivity index (χ4n) is 2.24. The fourth-order valence-corrected chi connectivity index (χ4v) is 2.42. The molecule has 0 heterocycles. The van der Waals surface area contributed by atoms with Gasteiger partial charge in [0.15, 0.2) is 5.78 Å². The van der Waals surface area contributed by atoms with Crippen LogP contribution >= 0.6 is 11.6 Å². The molecular formula is C18H16ClF3N2O2. The lowest BCUT2D eigenvalue weighted by Crippen LogP contribution is -2.32. The summed E-state index contributed by atoms with van der Waals surface area (Å²) in [7, 11) is 0. The van der Waals surface area contributed by atoms with Gasteiger partial charge in [-0.05, 0) is 44.2 Å². The summed E-state index contributed by atoms with van der Waals surface area (Å²) in [5.41, 5.74) is -0.436. The van der Waals surface area contributed by atoms with Crippen molar-refractivity contribution in [1.29, 1.82) is 0 Å². The number of benzene rings is 2. The van der Waals surface area contributed by atoms with Crippen LogP contribution in [0.4, 0.5) is 24.5 Å². The first kappa shape index (κ1) is 19.8. The molecule has 2 aromatic rings. The monoisotopic (exact) mass is 384 g/mol. The first-order valence-electron chi connectivity index (χ1n) is 7.63. The van der Waals surface area contributed by atoms with Crippen molar-refractivity contribution in [1.82, 2.24) is 0 Å². The third-order valence-electron chi connectivity index (χ3n) is 3.59. The summed E-state index contributed by atoms with van der Waals surface area (Å²) in [6, 6.07) is 8.77. The van der Waals surface area contributed by atoms with Gasteiger partial charge in [-0.1, -0.05) is 23.7 Å². The predicted octanol–water partition coefficient (Wildman–Crippen LogP) is 5.00. The summed E-state index contributed by atoms with van der Waals surface area (Å²) in [6.45, 7) is 2.91. The molecule has 0 fully saturated rings. The van der Waals surface area contributed by atoms with E-state index in [1.807, 2.05) is 0 Å². The van der Waals surface area contributed by atoms with Crippen molar-refractivity contribution >= 4 is 34.7 Å². The average molecular weight is 385 g/mol. The van der Waals surface area contributed by atoms with Gasteiger partial charge in [-0.2, -0.15) is 13.2 Å². The van der Waals surface area contributed by atoms with Crippen LogP contribution in [-0.2, 0) is 11.0 Å². The van der Waals surface area contributed by atoms with Gasteiger partial charge in [0.2, 0.25) is 5.91 Å². The maximum absolute atomic E-state index is 13.1. The number of nitrogens with one attached hydrogen (secondary N) is 2. The average Bonchev–Trinajstić information content (AvgIpc) is 2.55. The Morgan fingerprint density at radius 1 is 1.12 bits per heavy atom. The minimum absolute atomic E-state index is 0.0810. The topological polar surface area (TPSA) is 58.2 Å². The van der Waals surface area contributed by atoms with Crippen LogP contribution in [0.5, 0.6) is 0 Å². The van der Waals surface area contributed by atoms with E-state index in [1.54, 1.807) is 24.3 Å². The van der Waals surface area contributed by atoms with E-state index in [9.17, 15) is 22.8 Å². The van der Waals surface area contributed by atoms with Gasteiger partial charge in [-0.3, -0.25) is 9.59 Å². The number of carbonyl (C=O) groups is 2. The number of hydrogen-bond acceptors (Lipinski definition) is 3. The van der Waals surface area contributed by atoms with Crippen LogP contribution < -0.4 is 10.6 Å². The van der Waals surface area contributed by atoms with Crippen molar-refractivity contribution in [3.63, 3.8) is 0 Å². The van der Waals surface area contributed by atoms with Crippen molar-refractivity contribution in [2.75, 3.05) is 10.6 Å². The molecular weight excluding hydrogens is 369 g/mol. The Morgan fingerprint density at radius 3 is 2.42 bits per heavy atom. The van der Waals surface area contributed by atoms with E-state index < -0.39 is 23.7 Å². The third-order valence-corrected chi connectivity index (χ3v) is 3.83. The number of Topliss-reactive ketones (excluding diaryl/α,β-unsaturated/α-hetero) is 1. The number of rotatable bonds is 5. The van der Waals surface area contributed by atoms with Gasteiger partial charge in [0.05, 0.1) is 11.3 Å². The normalized spacial score (nSPS) is 12.4. The van der Waals surface area contributed by atoms with E-state index in [2.05, 4.69) is 10.6 Å². The number of amides is 1. The number of halogens is 4. The fraction of sp³-hybridized carbons (Fsp3) is 0.222. The second kappa shape index (κ2) is 7.78. The Morgan fingerprint density at radius 2 is 1.81 bits per heavy atom. The summed E-state index contributed by atoms with van der Waals surface area (Å²) in [5.74, 6) is -0.798. The maximum Gasteiger partial charge on any atom is 0.418 e. The molecule has 0 unspecified atom stereocenters. The van der Waals surface area contributed by atoms with E-state index in [0.717, 1.165) is 12.1 Å². The summed E-state index contributed by atoms with van der Waals surface area (Å²) in [6.07, 6.45) is -4.65. The summed E-state index contributed by atoms with van der Waals surface area (Å²) >= 11 is 5.62. The number of hydrogen-bond donors (Lipinski definition) is 2. The van der Waals surface area contributed by atoms with Crippen LogP contribution in [-0.4, -0.2) is 17.7 Å². The quantitative estimate of drug-likeness (QED) is 0.713. The predicted molar refractivity (Wildman–Crippen MR) is 94.6 cm³/mol. The van der Waals surface area contributed by atoms with Crippen molar-refractivity contribution in [3.05, 3.63) is 58.6 Å². The molecule has 138 valence electrons. The van der Waals surface area contributed by atoms with E-state index >= 15 is 0 Å². The lowest BCUT2D eigenvalue weighted by molar-refractivity contribution is -0.137. The van der Waals surface area contributed by atoms with E-state index in [0.29, 0.717) is 11.3 Å². The van der Waals surface area contributed by atoms with Crippen molar-refractivity contribution in [2.45, 2.75) is 26.1 Å². The number of carbonyl (C=O) groups excluding carboxylic acids is 2. The molecule has 2 aromatic carbocycles. The van der Waals surface area contributed by atoms with Gasteiger partial charge >= 0.3 is 6.18 Å². The van der Waals surface area contributed by atoms with Gasteiger partial charge < -0.3 is 10.6 Å². The maximum atomic E-state index is 13.1. The van der Waals surface area contributed by atoms with Gasteiger partial charge in [-0.15, -0.1) is 0 Å². The highest BCUT2D eigenvalue weighted by Gasteiger charge is 2.34. The lowest BCUT2D eigenvalue weighted by atomic mass is 10.1. The molecule has 0 radical (unpaired) electrons. The summed E-state index contributed by atoms with van der Waals surface area (Å²) in [5, 5.41) is 5.03. The van der Waals surface area contributed by atoms with Crippen LogP contribution in [0, 0.1) is 0 Å². The minimum atomic E-state index is -4.65. The Balaban J connectivity index is 2.15. The molecule has 2 rings (SSSR count). The standard InChI is InChI=1S/C18H16ClF3N2O2/c1-10(23-14-5-3-4-12(8-14)11(2)25)17(26)24-16-7-6-13(19)9-15(16)18(20,21)22/h3-10,23H,1-2H3,(H,24,26)/t10-/m1/s1. The molecule has 0 bridgehead atoms. The molecule has 0 aliphatic carbocycles. The molecule has 0 saturated carbocycles. The highest BCUT2D eigenvalue weighted by molar-refractivity contribution is 6.30. The molecule has 0 aliphatic heterocycles. The highest BCUT2D eigenvalue weighted by atomic mass is 35.5. The van der Waals surface area contributed by atoms with Crippen LogP contribution in [0.25, 0.3) is 0 Å². The van der Waals surface area contributed by atoms with Crippen LogP contribution in [0.15, 0.2) is 42.5 Å². The molecule has 26 heavy (non-hydrogen) atoms. The van der Waals surface area contributed by atoms with Crippen LogP contribution in [0.2, 0.25) is 5.02 Å². The molecule has 4 nitrogen and oxygen atoms in total. The first-order chi connectivity index (χ1) is 12.1. The van der Waals surface area contributed by atoms with Gasteiger partial charge in [-0.25, -0.2) is 0 Å². The van der Waals surface area contributed by atoms with E-state index in [4.69, 9.17) is 11.6 Å². The zero-order valence-corrected chi connectivity index (χ0v) is 14.7. The van der Waals surface area contributed by atoms with Crippen LogP contribution in [0.1, 0.15) is 29.8 Å². The van der Waals surface area contributed by atoms with Gasteiger partial charge in [0.1, 0.15) is 6.04 Å². The van der Waals surface area contributed by atoms with Gasteiger partial charge in [0, 0.05) is 16.3 Å². The minimum Gasteiger partial charge on any atom is -0.374 e. The second-order valence-corrected chi connectivity index (χ2v) is 6.12. The van der Waals surface area contributed by atoms with Crippen LogP contribution in [0.3, 0.4) is 0 Å². The second-order valence-electron chi connectivity index (χ2n) is 5.68. The van der Waals surface area contributed by atoms with Crippen molar-refractivity contribution in [3.8, 4) is 0 Å². The first-order valence-corrected chi connectivity index (χ1v) is 8.01. The molecule has 1 amide bonds. The number of anilines is 2. The van der Waals surface area contributed by atoms with Crippen molar-refractivity contribution < 1.29 is 22.8 Å². The Bertz CT molecular complexity index is 837. The van der Waals surface area contributed by atoms with Gasteiger partial charge in [0.25, 0.3) is 0 Å². The SMILES string of the molecule is CC(=O)c1cccc(N[C@H](C)C(=O)Nc2ccc(Cl)cc2C(F)(F)F)c1. The largest absolute Gasteiger partial charge is 0.418 e. The number of alkyl halides is 3. The Kier molecular flexibility index (Phi) is 5.92. The molecule has 0 aromatic heterocycles. The van der Waals surface area contributed by atoms with E-state index in [-0.39, 0.29) is 16.5 Å². The Hall–Kier alpha value is -2.54. The molecule has 1 atom stereocenters. The Labute approximate surface area is 153 Å². The molecule has 8 heteroatoms. The third kappa shape index (κ3) is 4.98. The summed E-state index contributed by atoms with van der Waals surface area (Å²) < 4.78 is 39.3. The van der Waals surface area contributed by atoms with E-state index in [1.165, 1.54) is 19.9 Å².